The van der Waals surface area contributed by atoms with Crippen molar-refractivity contribution >= 4 is 21.5 Å². The van der Waals surface area contributed by atoms with Crippen molar-refractivity contribution in [1.29, 1.82) is 0 Å². The maximum Gasteiger partial charge on any atom is 0.148 e. The number of nitrogens with zero attached hydrogens (tertiary/aromatic N) is 1. The summed E-state index contributed by atoms with van der Waals surface area (Å²) in [5.74, 6) is 0. The van der Waals surface area contributed by atoms with Crippen molar-refractivity contribution in [1.82, 2.24) is 16.1 Å². The van der Waals surface area contributed by atoms with Gasteiger partial charge in [0.2, 0.25) is 0 Å². The summed E-state index contributed by atoms with van der Waals surface area (Å²) in [5.41, 5.74) is 3.20. The zero-order valence-corrected chi connectivity index (χ0v) is 12.2. The Morgan fingerprint density at radius 1 is 0.773 bits per heavy atom. The van der Waals surface area contributed by atoms with Crippen molar-refractivity contribution in [2.45, 2.75) is 6.29 Å². The summed E-state index contributed by atoms with van der Waals surface area (Å²) >= 11 is 0. The molecule has 0 radical (unpaired) electrons. The van der Waals surface area contributed by atoms with E-state index in [1.165, 1.54) is 10.8 Å². The van der Waals surface area contributed by atoms with E-state index in [4.69, 9.17) is 5.10 Å². The number of rotatable bonds is 2. The topological polar surface area (TPSA) is 48.5 Å². The van der Waals surface area contributed by atoms with Crippen molar-refractivity contribution in [2.24, 2.45) is 5.10 Å². The fourth-order valence-corrected chi connectivity index (χ4v) is 2.89. The zero-order chi connectivity index (χ0) is 14.8. The second-order valence-electron chi connectivity index (χ2n) is 5.44. The zero-order valence-electron chi connectivity index (χ0n) is 12.2. The van der Waals surface area contributed by atoms with Crippen LogP contribution >= 0.6 is 0 Å². The molecule has 0 spiro atoms. The van der Waals surface area contributed by atoms with E-state index in [9.17, 15) is 0 Å². The fourth-order valence-electron chi connectivity index (χ4n) is 2.89. The van der Waals surface area contributed by atoms with Gasteiger partial charge in [0.05, 0.1) is 5.36 Å². The van der Waals surface area contributed by atoms with Crippen molar-refractivity contribution < 1.29 is 0 Å². The van der Waals surface area contributed by atoms with Crippen LogP contribution in [0.4, 0.5) is 0 Å². The van der Waals surface area contributed by atoms with Gasteiger partial charge >= 0.3 is 0 Å². The van der Waals surface area contributed by atoms with Crippen molar-refractivity contribution in [3.05, 3.63) is 66.0 Å². The molecule has 110 valence electrons. The van der Waals surface area contributed by atoms with E-state index in [-0.39, 0.29) is 6.29 Å². The summed E-state index contributed by atoms with van der Waals surface area (Å²) in [7, 11) is 0. The summed E-state index contributed by atoms with van der Waals surface area (Å²) in [5, 5.41) is 17.0. The first-order chi connectivity index (χ1) is 10.9. The lowest BCUT2D eigenvalue weighted by molar-refractivity contribution is 0.453. The Kier molecular flexibility index (Phi) is 3.46. The summed E-state index contributed by atoms with van der Waals surface area (Å²) in [4.78, 5) is 0. The van der Waals surface area contributed by atoms with E-state index in [1.54, 1.807) is 0 Å². The van der Waals surface area contributed by atoms with E-state index in [1.807, 2.05) is 0 Å². The lowest BCUT2D eigenvalue weighted by Crippen LogP contribution is -2.43. The molecule has 1 aliphatic rings. The van der Waals surface area contributed by atoms with E-state index < -0.39 is 0 Å². The maximum atomic E-state index is 4.71. The molecule has 4 rings (SSSR count). The van der Waals surface area contributed by atoms with Gasteiger partial charge in [-0.2, -0.15) is 5.10 Å². The van der Waals surface area contributed by atoms with Crippen LogP contribution < -0.4 is 21.4 Å². The van der Waals surface area contributed by atoms with Gasteiger partial charge in [0.1, 0.15) is 6.29 Å². The molecule has 0 amide bonds. The standard InChI is InChI=1S/C18H18N4/c1-3-7-15-13(5-1)9-10-14-6-2-4-8-16(14)17(15)21-22-18-19-11-12-20-18/h1-10,18-20,22H,11-12H2. The first kappa shape index (κ1) is 13.2. The van der Waals surface area contributed by atoms with Gasteiger partial charge in [-0.25, -0.2) is 0 Å². The summed E-state index contributed by atoms with van der Waals surface area (Å²) in [6.45, 7) is 1.91. The Labute approximate surface area is 128 Å². The Bertz CT molecular complexity index is 821. The Morgan fingerprint density at radius 2 is 1.32 bits per heavy atom. The van der Waals surface area contributed by atoms with Gasteiger partial charge in [-0.15, -0.1) is 0 Å². The number of hydrogen-bond acceptors (Lipinski definition) is 4. The third-order valence-corrected chi connectivity index (χ3v) is 4.00. The molecule has 1 heterocycles. The molecule has 1 aliphatic heterocycles. The molecule has 22 heavy (non-hydrogen) atoms. The van der Waals surface area contributed by atoms with Crippen LogP contribution in [0.15, 0.2) is 65.8 Å². The van der Waals surface area contributed by atoms with Gasteiger partial charge in [-0.1, -0.05) is 60.7 Å². The van der Waals surface area contributed by atoms with Gasteiger partial charge in [0.15, 0.2) is 0 Å². The highest BCUT2D eigenvalue weighted by atomic mass is 15.5. The molecule has 3 N–H and O–H groups in total. The van der Waals surface area contributed by atoms with Crippen molar-refractivity contribution in [3.8, 4) is 0 Å². The van der Waals surface area contributed by atoms with Crippen LogP contribution in [0, 0.1) is 0 Å². The minimum absolute atomic E-state index is 0.0306. The third kappa shape index (κ3) is 2.43. The average molecular weight is 290 g/mol. The van der Waals surface area contributed by atoms with Crippen LogP contribution in [0.25, 0.3) is 21.5 Å². The molecule has 0 aliphatic carbocycles. The van der Waals surface area contributed by atoms with E-state index in [0.29, 0.717) is 0 Å². The monoisotopic (exact) mass is 290 g/mol. The van der Waals surface area contributed by atoms with Crippen LogP contribution in [-0.4, -0.2) is 19.4 Å². The summed E-state index contributed by atoms with van der Waals surface area (Å²) < 4.78 is 0. The van der Waals surface area contributed by atoms with Crippen LogP contribution in [-0.2, 0) is 0 Å². The lowest BCUT2D eigenvalue weighted by Gasteiger charge is -2.09. The summed E-state index contributed by atoms with van der Waals surface area (Å²) in [6, 6.07) is 21.0. The molecule has 4 nitrogen and oxygen atoms in total. The number of benzene rings is 2. The molecule has 3 aromatic rings. The minimum Gasteiger partial charge on any atom is -0.283 e. The number of fused-ring (bicyclic) bond motifs is 2. The normalized spacial score (nSPS) is 15.3. The molecule has 4 heteroatoms. The van der Waals surface area contributed by atoms with Crippen LogP contribution in [0.5, 0.6) is 0 Å². The van der Waals surface area contributed by atoms with Crippen LogP contribution in [0.2, 0.25) is 0 Å². The van der Waals surface area contributed by atoms with Gasteiger partial charge < -0.3 is 0 Å². The van der Waals surface area contributed by atoms with Crippen molar-refractivity contribution in [3.63, 3.8) is 0 Å². The van der Waals surface area contributed by atoms with Crippen LogP contribution in [0.1, 0.15) is 0 Å². The highest BCUT2D eigenvalue weighted by molar-refractivity contribution is 5.92. The first-order valence-corrected chi connectivity index (χ1v) is 7.59. The molecule has 0 bridgehead atoms. The molecule has 0 unspecified atom stereocenters. The summed E-state index contributed by atoms with van der Waals surface area (Å²) in [6.07, 6.45) is 0.0306. The Hall–Kier alpha value is -2.43. The molecule has 0 saturated carbocycles. The third-order valence-electron chi connectivity index (χ3n) is 4.00. The fraction of sp³-hybridized carbons (Fsp3) is 0.167. The lowest BCUT2D eigenvalue weighted by atomic mass is 10.1. The predicted octanol–water partition coefficient (Wildman–Crippen LogP) is 1.87. The molecule has 1 saturated heterocycles. The van der Waals surface area contributed by atoms with Gasteiger partial charge in [0.25, 0.3) is 0 Å². The highest BCUT2D eigenvalue weighted by Gasteiger charge is 2.10. The van der Waals surface area contributed by atoms with Crippen LogP contribution in [0.3, 0.4) is 0 Å². The number of hydrogen-bond donors (Lipinski definition) is 3. The predicted molar refractivity (Wildman–Crippen MR) is 89.9 cm³/mol. The minimum atomic E-state index is 0.0306. The van der Waals surface area contributed by atoms with Gasteiger partial charge in [-0.05, 0) is 10.8 Å². The Balaban J connectivity index is 2.00. The highest BCUT2D eigenvalue weighted by Crippen LogP contribution is 2.14. The molecule has 0 atom stereocenters. The molecule has 1 fully saturated rings. The van der Waals surface area contributed by atoms with E-state index >= 15 is 0 Å². The first-order valence-electron chi connectivity index (χ1n) is 7.59. The van der Waals surface area contributed by atoms with Gasteiger partial charge in [-0.3, -0.25) is 16.1 Å². The quantitative estimate of drug-likeness (QED) is 0.632. The maximum absolute atomic E-state index is 4.71. The molecular weight excluding hydrogens is 272 g/mol. The molecule has 0 aromatic heterocycles. The second kappa shape index (κ2) is 5.75. The van der Waals surface area contributed by atoms with Gasteiger partial charge in [0, 0.05) is 23.9 Å². The van der Waals surface area contributed by atoms with E-state index in [0.717, 1.165) is 29.2 Å². The number of nitrogens with one attached hydrogen (secondary N) is 3. The molecular formula is C18H18N4. The average Bonchev–Trinajstić information content (AvgIpc) is 3.03. The smallest absolute Gasteiger partial charge is 0.148 e. The van der Waals surface area contributed by atoms with E-state index in [2.05, 4.69) is 76.7 Å². The molecule has 3 aromatic carbocycles. The SMILES string of the molecule is c1ccc2c(=NNC3NCCN3)c3ccccc3ccc2c1. The van der Waals surface area contributed by atoms with Crippen molar-refractivity contribution in [2.75, 3.05) is 13.1 Å². The largest absolute Gasteiger partial charge is 0.283 e. The Morgan fingerprint density at radius 3 is 1.91 bits per heavy atom. The second-order valence-corrected chi connectivity index (χ2v) is 5.44.